The molecule has 1 fully saturated rings. The molecule has 0 aliphatic heterocycles. The SMILES string of the molecule is CC(C)C[C@H](NCC=Cc1ccc(-c2cc(C(N)=O)c(NC(N)=O)s2)c(Cl)c1)C(=O)OC1CCCC1. The van der Waals surface area contributed by atoms with Crippen molar-refractivity contribution in [3.05, 3.63) is 46.5 Å². The van der Waals surface area contributed by atoms with Crippen LogP contribution >= 0.6 is 22.9 Å². The minimum Gasteiger partial charge on any atom is -0.461 e. The topological polar surface area (TPSA) is 137 Å². The number of urea groups is 1. The van der Waals surface area contributed by atoms with E-state index in [1.807, 2.05) is 24.3 Å². The zero-order valence-corrected chi connectivity index (χ0v) is 22.1. The normalized spacial score (nSPS) is 14.9. The van der Waals surface area contributed by atoms with Gasteiger partial charge in [0.05, 0.1) is 5.56 Å². The average molecular weight is 533 g/mol. The van der Waals surface area contributed by atoms with Crippen LogP contribution in [0.3, 0.4) is 0 Å². The lowest BCUT2D eigenvalue weighted by atomic mass is 10.0. The van der Waals surface area contributed by atoms with E-state index in [9.17, 15) is 14.4 Å². The van der Waals surface area contributed by atoms with Gasteiger partial charge in [-0.05, 0) is 55.7 Å². The van der Waals surface area contributed by atoms with Crippen molar-refractivity contribution in [3.63, 3.8) is 0 Å². The third-order valence-corrected chi connectivity index (χ3v) is 7.26. The number of esters is 1. The molecule has 0 spiro atoms. The van der Waals surface area contributed by atoms with Gasteiger partial charge in [-0.3, -0.25) is 14.9 Å². The predicted molar refractivity (Wildman–Crippen MR) is 145 cm³/mol. The van der Waals surface area contributed by atoms with Gasteiger partial charge in [-0.25, -0.2) is 4.79 Å². The molecule has 1 aliphatic carbocycles. The summed E-state index contributed by atoms with van der Waals surface area (Å²) in [6, 6.07) is 5.98. The van der Waals surface area contributed by atoms with Crippen molar-refractivity contribution in [2.24, 2.45) is 17.4 Å². The largest absolute Gasteiger partial charge is 0.461 e. The first-order chi connectivity index (χ1) is 17.1. The van der Waals surface area contributed by atoms with Gasteiger partial charge in [0.15, 0.2) is 0 Å². The third-order valence-electron chi connectivity index (χ3n) is 5.86. The minimum absolute atomic E-state index is 0.0511. The van der Waals surface area contributed by atoms with Crippen molar-refractivity contribution in [3.8, 4) is 10.4 Å². The number of halogens is 1. The number of anilines is 1. The van der Waals surface area contributed by atoms with Crippen molar-refractivity contribution >= 4 is 51.9 Å². The molecule has 0 saturated heterocycles. The third kappa shape index (κ3) is 7.81. The van der Waals surface area contributed by atoms with E-state index < -0.39 is 11.9 Å². The lowest BCUT2D eigenvalue weighted by molar-refractivity contribution is -0.151. The summed E-state index contributed by atoms with van der Waals surface area (Å²) >= 11 is 7.69. The van der Waals surface area contributed by atoms with Crippen LogP contribution in [-0.2, 0) is 9.53 Å². The molecule has 0 radical (unpaired) electrons. The highest BCUT2D eigenvalue weighted by Gasteiger charge is 2.25. The molecule has 194 valence electrons. The van der Waals surface area contributed by atoms with Gasteiger partial charge in [0.1, 0.15) is 17.1 Å². The summed E-state index contributed by atoms with van der Waals surface area (Å²) in [5.41, 5.74) is 12.3. The van der Waals surface area contributed by atoms with Gasteiger partial charge in [0, 0.05) is 22.0 Å². The van der Waals surface area contributed by atoms with Gasteiger partial charge in [0.2, 0.25) is 0 Å². The van der Waals surface area contributed by atoms with Crippen LogP contribution in [0.2, 0.25) is 5.02 Å². The highest BCUT2D eigenvalue weighted by molar-refractivity contribution is 7.20. The Balaban J connectivity index is 1.64. The standard InChI is InChI=1S/C26H33ClN4O4S/c1-15(2)12-21(25(33)35-17-7-3-4-8-17)30-11-5-6-16-9-10-18(20(27)13-16)22-14-19(23(28)32)24(36-22)31-26(29)34/h5-6,9-10,13-15,17,21,30H,3-4,7-8,11-12H2,1-2H3,(H2,28,32)(H3,29,31,34)/t21-/m0/s1. The van der Waals surface area contributed by atoms with Crippen LogP contribution in [0.25, 0.3) is 16.5 Å². The Hall–Kier alpha value is -2.88. The minimum atomic E-state index is -0.784. The Labute approximate surface area is 220 Å². The smallest absolute Gasteiger partial charge is 0.323 e. The Morgan fingerprint density at radius 2 is 1.92 bits per heavy atom. The van der Waals surface area contributed by atoms with Crippen LogP contribution in [0.1, 0.15) is 61.9 Å². The number of carbonyl (C=O) groups excluding carboxylic acids is 3. The number of primary amides is 2. The quantitative estimate of drug-likeness (QED) is 0.296. The lowest BCUT2D eigenvalue weighted by Crippen LogP contribution is -2.40. The van der Waals surface area contributed by atoms with E-state index >= 15 is 0 Å². The molecule has 1 aromatic heterocycles. The van der Waals surface area contributed by atoms with E-state index in [0.29, 0.717) is 34.3 Å². The highest BCUT2D eigenvalue weighted by Crippen LogP contribution is 2.39. The van der Waals surface area contributed by atoms with Gasteiger partial charge >= 0.3 is 12.0 Å². The summed E-state index contributed by atoms with van der Waals surface area (Å²) in [5, 5.41) is 6.48. The lowest BCUT2D eigenvalue weighted by Gasteiger charge is -2.21. The zero-order chi connectivity index (χ0) is 26.2. The Morgan fingerprint density at radius 1 is 1.19 bits per heavy atom. The van der Waals surface area contributed by atoms with Crippen molar-refractivity contribution in [1.29, 1.82) is 0 Å². The summed E-state index contributed by atoms with van der Waals surface area (Å²) in [6.45, 7) is 4.68. The number of rotatable bonds is 11. The molecule has 0 unspecified atom stereocenters. The second kappa shape index (κ2) is 12.9. The number of amides is 3. The van der Waals surface area contributed by atoms with Crippen molar-refractivity contribution < 1.29 is 19.1 Å². The van der Waals surface area contributed by atoms with E-state index in [4.69, 9.17) is 27.8 Å². The molecule has 0 bridgehead atoms. The number of thiophene rings is 1. The number of benzene rings is 1. The van der Waals surface area contributed by atoms with Crippen LogP contribution < -0.4 is 22.1 Å². The first-order valence-corrected chi connectivity index (χ1v) is 13.2. The van der Waals surface area contributed by atoms with Gasteiger partial charge in [0.25, 0.3) is 5.91 Å². The maximum Gasteiger partial charge on any atom is 0.323 e. The van der Waals surface area contributed by atoms with Gasteiger partial charge in [-0.15, -0.1) is 11.3 Å². The molecular formula is C26H33ClN4O4S. The fourth-order valence-corrected chi connectivity index (χ4v) is 5.59. The number of hydrogen-bond acceptors (Lipinski definition) is 6. The van der Waals surface area contributed by atoms with Crippen molar-refractivity contribution in [1.82, 2.24) is 5.32 Å². The zero-order valence-electron chi connectivity index (χ0n) is 20.5. The van der Waals surface area contributed by atoms with Crippen LogP contribution in [0.5, 0.6) is 0 Å². The summed E-state index contributed by atoms with van der Waals surface area (Å²) in [4.78, 5) is 36.3. The van der Waals surface area contributed by atoms with Gasteiger partial charge < -0.3 is 21.5 Å². The summed E-state index contributed by atoms with van der Waals surface area (Å²) in [6.07, 6.45) is 8.76. The summed E-state index contributed by atoms with van der Waals surface area (Å²) in [5.74, 6) is -0.486. The monoisotopic (exact) mass is 532 g/mol. The van der Waals surface area contributed by atoms with Crippen LogP contribution in [0.15, 0.2) is 30.3 Å². The fourth-order valence-electron chi connectivity index (χ4n) is 4.14. The second-order valence-electron chi connectivity index (χ2n) is 9.28. The van der Waals surface area contributed by atoms with E-state index in [-0.39, 0.29) is 28.7 Å². The molecule has 1 saturated carbocycles. The van der Waals surface area contributed by atoms with Gasteiger partial charge in [-0.2, -0.15) is 0 Å². The number of hydrogen-bond donors (Lipinski definition) is 4. The molecule has 36 heavy (non-hydrogen) atoms. The molecule has 6 N–H and O–H groups in total. The van der Waals surface area contributed by atoms with E-state index in [1.165, 1.54) is 0 Å². The van der Waals surface area contributed by atoms with Crippen molar-refractivity contribution in [2.45, 2.75) is 58.1 Å². The summed E-state index contributed by atoms with van der Waals surface area (Å²) < 4.78 is 5.71. The molecule has 1 heterocycles. The molecular weight excluding hydrogens is 500 g/mol. The molecule has 10 heteroatoms. The van der Waals surface area contributed by atoms with E-state index in [0.717, 1.165) is 42.6 Å². The second-order valence-corrected chi connectivity index (χ2v) is 10.7. The number of ether oxygens (including phenoxy) is 1. The highest BCUT2D eigenvalue weighted by atomic mass is 35.5. The molecule has 3 rings (SSSR count). The molecule has 8 nitrogen and oxygen atoms in total. The Bertz CT molecular complexity index is 1130. The predicted octanol–water partition coefficient (Wildman–Crippen LogP) is 5.16. The number of carbonyl (C=O) groups is 3. The van der Waals surface area contributed by atoms with E-state index in [1.54, 1.807) is 12.1 Å². The number of nitrogens with one attached hydrogen (secondary N) is 2. The first kappa shape index (κ1) is 27.7. The number of nitrogens with two attached hydrogens (primary N) is 2. The molecule has 3 amide bonds. The molecule has 1 atom stereocenters. The summed E-state index contributed by atoms with van der Waals surface area (Å²) in [7, 11) is 0. The fraction of sp³-hybridized carbons (Fsp3) is 0.423. The Morgan fingerprint density at radius 3 is 2.53 bits per heavy atom. The van der Waals surface area contributed by atoms with Crippen LogP contribution in [0.4, 0.5) is 9.80 Å². The van der Waals surface area contributed by atoms with Crippen molar-refractivity contribution in [2.75, 3.05) is 11.9 Å². The van der Waals surface area contributed by atoms with E-state index in [2.05, 4.69) is 24.5 Å². The van der Waals surface area contributed by atoms with Crippen LogP contribution in [0, 0.1) is 5.92 Å². The van der Waals surface area contributed by atoms with Crippen LogP contribution in [-0.4, -0.2) is 36.6 Å². The first-order valence-electron chi connectivity index (χ1n) is 12.0. The molecule has 1 aromatic carbocycles. The Kier molecular flexibility index (Phi) is 9.92. The van der Waals surface area contributed by atoms with Gasteiger partial charge in [-0.1, -0.05) is 49.7 Å². The average Bonchev–Trinajstić information content (AvgIpc) is 3.45. The molecule has 2 aromatic rings. The maximum absolute atomic E-state index is 12.7. The molecule has 1 aliphatic rings. The maximum atomic E-state index is 12.7.